The number of benzene rings is 1. The molecule has 170 valence electrons. The lowest BCUT2D eigenvalue weighted by Gasteiger charge is -2.17. The molecule has 0 unspecified atom stereocenters. The summed E-state index contributed by atoms with van der Waals surface area (Å²) in [4.78, 5) is 29.1. The van der Waals surface area contributed by atoms with Crippen LogP contribution >= 0.6 is 24.8 Å². The Hall–Kier alpha value is -2.35. The van der Waals surface area contributed by atoms with Crippen LogP contribution in [0.5, 0.6) is 0 Å². The van der Waals surface area contributed by atoms with Gasteiger partial charge in [-0.1, -0.05) is 36.4 Å². The van der Waals surface area contributed by atoms with E-state index in [9.17, 15) is 9.59 Å². The van der Waals surface area contributed by atoms with Crippen molar-refractivity contribution in [1.29, 1.82) is 0 Å². The molecule has 1 aromatic carbocycles. The largest absolute Gasteiger partial charge is 0.384 e. The first-order chi connectivity index (χ1) is 13.9. The molecule has 0 spiro atoms. The van der Waals surface area contributed by atoms with Crippen molar-refractivity contribution >= 4 is 42.4 Å². The summed E-state index contributed by atoms with van der Waals surface area (Å²) >= 11 is 0. The van der Waals surface area contributed by atoms with Gasteiger partial charge in [0.1, 0.15) is 11.9 Å². The molecule has 1 fully saturated rings. The minimum absolute atomic E-state index is 0. The molecule has 3 atom stereocenters. The monoisotopic (exact) mass is 467 g/mol. The van der Waals surface area contributed by atoms with Crippen molar-refractivity contribution in [3.63, 3.8) is 0 Å². The minimum Gasteiger partial charge on any atom is -0.384 e. The predicted octanol–water partition coefficient (Wildman–Crippen LogP) is 2.16. The molecule has 0 aliphatic carbocycles. The van der Waals surface area contributed by atoms with Crippen LogP contribution in [0.15, 0.2) is 42.5 Å². The molecule has 2 heterocycles. The molecule has 2 aromatic rings. The van der Waals surface area contributed by atoms with E-state index in [0.29, 0.717) is 18.3 Å². The summed E-state index contributed by atoms with van der Waals surface area (Å²) in [7, 11) is 0. The van der Waals surface area contributed by atoms with Gasteiger partial charge >= 0.3 is 0 Å². The van der Waals surface area contributed by atoms with Gasteiger partial charge in [-0.25, -0.2) is 4.98 Å². The van der Waals surface area contributed by atoms with Crippen LogP contribution in [-0.2, 0) is 22.6 Å². The third-order valence-electron chi connectivity index (χ3n) is 5.33. The standard InChI is InChI=1S/C22H29N5O2.2ClH/c1-14-18(8-9-20(23)26-14)13-25-21(28)15(2)27-22(29)19-11-17(12-24-19)10-16-6-4-3-5-7-16;;/h3-9,15,17,19,24H,10-13H2,1-2H3,(H2,23,26)(H,25,28)(H,27,29);2*1H/t15-,17-,19+;;/m0../s1. The number of halogens is 2. The number of carbonyl (C=O) groups excluding carboxylic acids is 2. The normalized spacial score (nSPS) is 18.3. The van der Waals surface area contributed by atoms with Gasteiger partial charge in [0, 0.05) is 12.2 Å². The van der Waals surface area contributed by atoms with Crippen molar-refractivity contribution in [2.45, 2.75) is 45.3 Å². The van der Waals surface area contributed by atoms with Crippen LogP contribution in [0.1, 0.15) is 30.2 Å². The zero-order valence-electron chi connectivity index (χ0n) is 17.8. The number of nitrogens with one attached hydrogen (secondary N) is 3. The van der Waals surface area contributed by atoms with Crippen LogP contribution in [0.4, 0.5) is 5.82 Å². The van der Waals surface area contributed by atoms with E-state index in [2.05, 4.69) is 33.1 Å². The highest BCUT2D eigenvalue weighted by molar-refractivity contribution is 5.89. The number of hydrogen-bond donors (Lipinski definition) is 4. The molecule has 1 aliphatic rings. The Morgan fingerprint density at radius 1 is 1.19 bits per heavy atom. The number of carbonyl (C=O) groups is 2. The Balaban J connectivity index is 0.00000240. The Morgan fingerprint density at radius 3 is 2.58 bits per heavy atom. The fraction of sp³-hybridized carbons (Fsp3) is 0.409. The fourth-order valence-corrected chi connectivity index (χ4v) is 3.62. The molecular weight excluding hydrogens is 437 g/mol. The Bertz CT molecular complexity index is 866. The Morgan fingerprint density at radius 2 is 1.90 bits per heavy atom. The molecule has 7 nitrogen and oxygen atoms in total. The number of pyridine rings is 1. The van der Waals surface area contributed by atoms with Gasteiger partial charge in [-0.3, -0.25) is 9.59 Å². The van der Waals surface area contributed by atoms with Crippen LogP contribution in [0.2, 0.25) is 0 Å². The van der Waals surface area contributed by atoms with E-state index in [1.54, 1.807) is 13.0 Å². The molecule has 1 aliphatic heterocycles. The van der Waals surface area contributed by atoms with Gasteiger partial charge in [-0.2, -0.15) is 0 Å². The van der Waals surface area contributed by atoms with E-state index in [1.807, 2.05) is 31.2 Å². The van der Waals surface area contributed by atoms with Crippen molar-refractivity contribution in [2.24, 2.45) is 5.92 Å². The smallest absolute Gasteiger partial charge is 0.242 e. The summed E-state index contributed by atoms with van der Waals surface area (Å²) in [6.45, 7) is 4.69. The molecule has 0 bridgehead atoms. The van der Waals surface area contributed by atoms with Gasteiger partial charge in [0.25, 0.3) is 0 Å². The number of aromatic nitrogens is 1. The second-order valence-corrected chi connectivity index (χ2v) is 7.68. The van der Waals surface area contributed by atoms with Gasteiger partial charge < -0.3 is 21.7 Å². The van der Waals surface area contributed by atoms with E-state index in [0.717, 1.165) is 30.6 Å². The third-order valence-corrected chi connectivity index (χ3v) is 5.33. The Labute approximate surface area is 195 Å². The number of nitrogens with zero attached hydrogens (tertiary/aromatic N) is 1. The summed E-state index contributed by atoms with van der Waals surface area (Å²) in [5, 5.41) is 8.94. The highest BCUT2D eigenvalue weighted by Gasteiger charge is 2.30. The summed E-state index contributed by atoms with van der Waals surface area (Å²) in [5.74, 6) is 0.507. The number of nitrogen functional groups attached to an aromatic ring is 1. The summed E-state index contributed by atoms with van der Waals surface area (Å²) < 4.78 is 0. The van der Waals surface area contributed by atoms with Crippen LogP contribution in [-0.4, -0.2) is 35.4 Å². The lowest BCUT2D eigenvalue weighted by atomic mass is 9.96. The lowest BCUT2D eigenvalue weighted by molar-refractivity contribution is -0.129. The van der Waals surface area contributed by atoms with E-state index in [4.69, 9.17) is 5.73 Å². The molecule has 0 radical (unpaired) electrons. The molecule has 3 rings (SSSR count). The van der Waals surface area contributed by atoms with Crippen LogP contribution in [0, 0.1) is 12.8 Å². The fourth-order valence-electron chi connectivity index (χ4n) is 3.62. The predicted molar refractivity (Wildman–Crippen MR) is 127 cm³/mol. The average Bonchev–Trinajstić information content (AvgIpc) is 3.16. The maximum Gasteiger partial charge on any atom is 0.242 e. The molecule has 9 heteroatoms. The molecule has 5 N–H and O–H groups in total. The first kappa shape index (κ1) is 26.7. The number of anilines is 1. The Kier molecular flexibility index (Phi) is 10.8. The molecule has 1 aromatic heterocycles. The first-order valence-electron chi connectivity index (χ1n) is 9.99. The van der Waals surface area contributed by atoms with Crippen LogP contribution in [0.3, 0.4) is 0 Å². The zero-order valence-corrected chi connectivity index (χ0v) is 19.4. The maximum absolute atomic E-state index is 12.5. The SMILES string of the molecule is Cc1nc(N)ccc1CNC(=O)[C@H](C)NC(=O)[C@H]1C[C@H](Cc2ccccc2)CN1.Cl.Cl. The molecular formula is C22H31Cl2N5O2. The number of rotatable bonds is 7. The van der Waals surface area contributed by atoms with Crippen molar-refractivity contribution in [2.75, 3.05) is 12.3 Å². The zero-order chi connectivity index (χ0) is 20.8. The number of aryl methyl sites for hydroxylation is 1. The second-order valence-electron chi connectivity index (χ2n) is 7.68. The highest BCUT2D eigenvalue weighted by atomic mass is 35.5. The van der Waals surface area contributed by atoms with E-state index < -0.39 is 6.04 Å². The molecule has 31 heavy (non-hydrogen) atoms. The van der Waals surface area contributed by atoms with Crippen molar-refractivity contribution < 1.29 is 9.59 Å². The quantitative estimate of drug-likeness (QED) is 0.498. The van der Waals surface area contributed by atoms with E-state index in [-0.39, 0.29) is 42.7 Å². The van der Waals surface area contributed by atoms with Crippen molar-refractivity contribution in [3.8, 4) is 0 Å². The molecule has 2 amide bonds. The minimum atomic E-state index is -0.612. The van der Waals surface area contributed by atoms with Gasteiger partial charge in [0.05, 0.1) is 6.04 Å². The van der Waals surface area contributed by atoms with Gasteiger partial charge in [0.15, 0.2) is 0 Å². The summed E-state index contributed by atoms with van der Waals surface area (Å²) in [6.07, 6.45) is 1.72. The van der Waals surface area contributed by atoms with Gasteiger partial charge in [-0.05, 0) is 56.3 Å². The van der Waals surface area contributed by atoms with Crippen molar-refractivity contribution in [1.82, 2.24) is 20.9 Å². The van der Waals surface area contributed by atoms with Gasteiger partial charge in [-0.15, -0.1) is 24.8 Å². The average molecular weight is 468 g/mol. The first-order valence-corrected chi connectivity index (χ1v) is 9.99. The van der Waals surface area contributed by atoms with Crippen LogP contribution in [0.25, 0.3) is 0 Å². The number of nitrogens with two attached hydrogens (primary N) is 1. The topological polar surface area (TPSA) is 109 Å². The summed E-state index contributed by atoms with van der Waals surface area (Å²) in [6, 6.07) is 13.0. The maximum atomic E-state index is 12.5. The van der Waals surface area contributed by atoms with Crippen molar-refractivity contribution in [3.05, 3.63) is 59.3 Å². The van der Waals surface area contributed by atoms with E-state index >= 15 is 0 Å². The summed E-state index contributed by atoms with van der Waals surface area (Å²) in [5.41, 5.74) is 8.60. The highest BCUT2D eigenvalue weighted by Crippen LogP contribution is 2.19. The third kappa shape index (κ3) is 7.69. The second kappa shape index (κ2) is 12.5. The van der Waals surface area contributed by atoms with E-state index in [1.165, 1.54) is 5.56 Å². The molecule has 1 saturated heterocycles. The lowest BCUT2D eigenvalue weighted by Crippen LogP contribution is -2.50. The molecule has 0 saturated carbocycles. The van der Waals surface area contributed by atoms with Crippen LogP contribution < -0.4 is 21.7 Å². The number of amides is 2. The number of hydrogen-bond acceptors (Lipinski definition) is 5. The van der Waals surface area contributed by atoms with Gasteiger partial charge in [0.2, 0.25) is 11.8 Å².